The molecule has 4 N–H and O–H groups in total. The summed E-state index contributed by atoms with van der Waals surface area (Å²) < 4.78 is 24.5. The normalized spacial score (nSPS) is 12.0. The topological polar surface area (TPSA) is 104 Å². The van der Waals surface area contributed by atoms with Crippen LogP contribution in [0.4, 0.5) is 10.1 Å². The van der Waals surface area contributed by atoms with Crippen molar-refractivity contribution in [2.24, 2.45) is 0 Å². The summed E-state index contributed by atoms with van der Waals surface area (Å²) in [6.07, 6.45) is 1.34. The molecule has 1 aromatic heterocycles. The Morgan fingerprint density at radius 1 is 1.15 bits per heavy atom. The molecule has 2 aromatic carbocycles. The van der Waals surface area contributed by atoms with Crippen LogP contribution in [0, 0.1) is 5.82 Å². The molecule has 136 valence electrons. The first-order chi connectivity index (χ1) is 12.4. The number of anilines is 1. The van der Waals surface area contributed by atoms with Crippen LogP contribution in [-0.4, -0.2) is 35.4 Å². The molecule has 0 saturated heterocycles. The number of aromatic amines is 1. The molecule has 1 atom stereocenters. The van der Waals surface area contributed by atoms with Gasteiger partial charge < -0.3 is 30.0 Å². The Morgan fingerprint density at radius 3 is 2.54 bits per heavy atom. The zero-order valence-electron chi connectivity index (χ0n) is 14.0. The number of halogens is 1. The lowest BCUT2D eigenvalue weighted by atomic mass is 10.1. The number of aromatic nitrogens is 1. The summed E-state index contributed by atoms with van der Waals surface area (Å²) in [6, 6.07) is 6.19. The smallest absolute Gasteiger partial charge is 0.330 e. The van der Waals surface area contributed by atoms with E-state index < -0.39 is 17.8 Å². The van der Waals surface area contributed by atoms with Crippen molar-refractivity contribution in [3.05, 3.63) is 47.9 Å². The molecule has 3 aromatic rings. The van der Waals surface area contributed by atoms with Crippen LogP contribution in [0.2, 0.25) is 0 Å². The second-order valence-electron chi connectivity index (χ2n) is 5.59. The van der Waals surface area contributed by atoms with Crippen molar-refractivity contribution in [1.29, 1.82) is 0 Å². The van der Waals surface area contributed by atoms with Crippen molar-refractivity contribution in [1.82, 2.24) is 4.98 Å². The van der Waals surface area contributed by atoms with Gasteiger partial charge in [-0.25, -0.2) is 9.18 Å². The minimum atomic E-state index is -1.16. The van der Waals surface area contributed by atoms with Crippen LogP contribution in [0.5, 0.6) is 17.4 Å². The van der Waals surface area contributed by atoms with Gasteiger partial charge in [0.25, 0.3) is 0 Å². The predicted octanol–water partition coefficient (Wildman–Crippen LogP) is 3.27. The van der Waals surface area contributed by atoms with Gasteiger partial charge in [0.15, 0.2) is 23.4 Å². The Hall–Kier alpha value is -3.42. The van der Waals surface area contributed by atoms with Gasteiger partial charge >= 0.3 is 5.97 Å². The maximum atomic E-state index is 14.2. The van der Waals surface area contributed by atoms with Crippen molar-refractivity contribution < 1.29 is 28.9 Å². The minimum absolute atomic E-state index is 0.194. The number of ether oxygens (including phenoxy) is 2. The third-order valence-corrected chi connectivity index (χ3v) is 4.04. The number of carboxylic acid groups (broad SMARTS) is 1. The van der Waals surface area contributed by atoms with E-state index in [2.05, 4.69) is 10.3 Å². The first-order valence-electron chi connectivity index (χ1n) is 7.65. The van der Waals surface area contributed by atoms with E-state index in [1.165, 1.54) is 38.6 Å². The number of rotatable bonds is 6. The van der Waals surface area contributed by atoms with Crippen molar-refractivity contribution in [3.8, 4) is 17.4 Å². The van der Waals surface area contributed by atoms with Gasteiger partial charge in [0, 0.05) is 22.7 Å². The van der Waals surface area contributed by atoms with Crippen molar-refractivity contribution >= 4 is 22.4 Å². The van der Waals surface area contributed by atoms with E-state index in [4.69, 9.17) is 9.47 Å². The standard InChI is InChI=1S/C18H17FN2O5/c1-25-14-4-3-9(5-15(14)26-2)16(18(23)24)21-10-6-11-12(13(19)7-10)8-20-17(11)22/h3-8,16,20-22H,1-2H3,(H,23,24). The highest BCUT2D eigenvalue weighted by Crippen LogP contribution is 2.33. The van der Waals surface area contributed by atoms with E-state index in [9.17, 15) is 19.4 Å². The molecule has 0 amide bonds. The van der Waals surface area contributed by atoms with E-state index >= 15 is 0 Å². The fourth-order valence-electron chi connectivity index (χ4n) is 2.75. The number of aromatic hydroxyl groups is 1. The molecule has 0 aliphatic rings. The number of carboxylic acids is 1. The summed E-state index contributed by atoms with van der Waals surface area (Å²) >= 11 is 0. The second kappa shape index (κ2) is 6.83. The van der Waals surface area contributed by atoms with Crippen LogP contribution in [-0.2, 0) is 4.79 Å². The van der Waals surface area contributed by atoms with Crippen LogP contribution >= 0.6 is 0 Å². The number of aliphatic carboxylic acids is 1. The van der Waals surface area contributed by atoms with Gasteiger partial charge in [-0.1, -0.05) is 6.07 Å². The molecule has 0 saturated carbocycles. The molecular formula is C18H17FN2O5. The van der Waals surface area contributed by atoms with Gasteiger partial charge in [0.1, 0.15) is 5.82 Å². The van der Waals surface area contributed by atoms with E-state index in [-0.39, 0.29) is 22.3 Å². The molecule has 26 heavy (non-hydrogen) atoms. The largest absolute Gasteiger partial charge is 0.494 e. The summed E-state index contributed by atoms with van der Waals surface area (Å²) in [5, 5.41) is 22.6. The third-order valence-electron chi connectivity index (χ3n) is 4.04. The molecule has 0 aliphatic carbocycles. The van der Waals surface area contributed by atoms with E-state index in [1.807, 2.05) is 0 Å². The first-order valence-corrected chi connectivity index (χ1v) is 7.65. The number of nitrogens with one attached hydrogen (secondary N) is 2. The van der Waals surface area contributed by atoms with Crippen LogP contribution < -0.4 is 14.8 Å². The number of methoxy groups -OCH3 is 2. The Morgan fingerprint density at radius 2 is 1.88 bits per heavy atom. The number of benzene rings is 2. The van der Waals surface area contributed by atoms with Gasteiger partial charge in [0.05, 0.1) is 14.2 Å². The Labute approximate surface area is 148 Å². The quantitative estimate of drug-likeness (QED) is 0.538. The molecule has 7 nitrogen and oxygen atoms in total. The third kappa shape index (κ3) is 3.08. The maximum Gasteiger partial charge on any atom is 0.330 e. The molecule has 3 rings (SSSR count). The molecule has 0 bridgehead atoms. The van der Waals surface area contributed by atoms with Crippen LogP contribution in [0.15, 0.2) is 36.5 Å². The summed E-state index contributed by atoms with van der Waals surface area (Å²) in [5.41, 5.74) is 0.612. The SMILES string of the molecule is COc1ccc(C(Nc2cc(F)c3c[nH]c(O)c3c2)C(=O)O)cc1OC. The molecule has 0 radical (unpaired) electrons. The van der Waals surface area contributed by atoms with E-state index in [0.29, 0.717) is 17.1 Å². The average Bonchev–Trinajstić information content (AvgIpc) is 3.00. The number of hydrogen-bond donors (Lipinski definition) is 4. The highest BCUT2D eigenvalue weighted by Gasteiger charge is 2.22. The second-order valence-corrected chi connectivity index (χ2v) is 5.59. The average molecular weight is 360 g/mol. The van der Waals surface area contributed by atoms with Gasteiger partial charge in [-0.3, -0.25) is 0 Å². The van der Waals surface area contributed by atoms with E-state index in [0.717, 1.165) is 0 Å². The fourth-order valence-corrected chi connectivity index (χ4v) is 2.75. The number of carbonyl (C=O) groups is 1. The van der Waals surface area contributed by atoms with Crippen molar-refractivity contribution in [2.75, 3.05) is 19.5 Å². The lowest BCUT2D eigenvalue weighted by molar-refractivity contribution is -0.138. The molecule has 0 fully saturated rings. The molecule has 1 heterocycles. The van der Waals surface area contributed by atoms with Gasteiger partial charge in [-0.05, 0) is 29.8 Å². The summed E-state index contributed by atoms with van der Waals surface area (Å²) in [6.45, 7) is 0. The highest BCUT2D eigenvalue weighted by atomic mass is 19.1. The van der Waals surface area contributed by atoms with Gasteiger partial charge in [-0.15, -0.1) is 0 Å². The number of hydrogen-bond acceptors (Lipinski definition) is 5. The predicted molar refractivity (Wildman–Crippen MR) is 93.5 cm³/mol. The summed E-state index contributed by atoms with van der Waals surface area (Å²) in [4.78, 5) is 14.3. The monoisotopic (exact) mass is 360 g/mol. The molecular weight excluding hydrogens is 343 g/mol. The lowest BCUT2D eigenvalue weighted by Crippen LogP contribution is -2.20. The van der Waals surface area contributed by atoms with Crippen LogP contribution in [0.1, 0.15) is 11.6 Å². The fraction of sp³-hybridized carbons (Fsp3) is 0.167. The first kappa shape index (κ1) is 17.4. The van der Waals surface area contributed by atoms with Crippen molar-refractivity contribution in [2.45, 2.75) is 6.04 Å². The number of fused-ring (bicyclic) bond motifs is 1. The maximum absolute atomic E-state index is 14.2. The molecule has 0 spiro atoms. The molecule has 0 aliphatic heterocycles. The molecule has 8 heteroatoms. The Bertz CT molecular complexity index is 970. The Kier molecular flexibility index (Phi) is 4.57. The summed E-state index contributed by atoms with van der Waals surface area (Å²) in [5.74, 6) is -1.09. The van der Waals surface area contributed by atoms with Crippen LogP contribution in [0.25, 0.3) is 10.8 Å². The highest BCUT2D eigenvalue weighted by molar-refractivity contribution is 5.91. The van der Waals surface area contributed by atoms with Crippen molar-refractivity contribution in [3.63, 3.8) is 0 Å². The van der Waals surface area contributed by atoms with Crippen LogP contribution in [0.3, 0.4) is 0 Å². The summed E-state index contributed by atoms with van der Waals surface area (Å²) in [7, 11) is 2.93. The van der Waals surface area contributed by atoms with Gasteiger partial charge in [0.2, 0.25) is 0 Å². The zero-order valence-corrected chi connectivity index (χ0v) is 14.0. The van der Waals surface area contributed by atoms with E-state index in [1.54, 1.807) is 12.1 Å². The zero-order chi connectivity index (χ0) is 18.8. The van der Waals surface area contributed by atoms with Gasteiger partial charge in [-0.2, -0.15) is 0 Å². The lowest BCUT2D eigenvalue weighted by Gasteiger charge is -2.18. The molecule has 1 unspecified atom stereocenters. The minimum Gasteiger partial charge on any atom is -0.494 e. The Balaban J connectivity index is 1.99. The number of H-pyrrole nitrogens is 1.